The van der Waals surface area contributed by atoms with Crippen LogP contribution in [-0.2, 0) is 11.2 Å². The molecule has 3 rings (SSSR count). The first-order valence-corrected chi connectivity index (χ1v) is 7.59. The number of rotatable bonds is 5. The Morgan fingerprint density at radius 3 is 2.52 bits per heavy atom. The molecule has 2 N–H and O–H groups in total. The van der Waals surface area contributed by atoms with E-state index in [0.29, 0.717) is 24.1 Å². The summed E-state index contributed by atoms with van der Waals surface area (Å²) in [6.45, 7) is 1.52. The van der Waals surface area contributed by atoms with E-state index in [-0.39, 0.29) is 11.7 Å². The lowest BCUT2D eigenvalue weighted by Gasteiger charge is -2.05. The highest BCUT2D eigenvalue weighted by molar-refractivity contribution is 5.95. The Bertz CT molecular complexity index is 847. The second-order valence-electron chi connectivity index (χ2n) is 5.54. The third-order valence-corrected chi connectivity index (χ3v) is 3.87. The van der Waals surface area contributed by atoms with Crippen molar-refractivity contribution in [3.8, 4) is 0 Å². The lowest BCUT2D eigenvalue weighted by Crippen LogP contribution is -2.12. The first-order valence-electron chi connectivity index (χ1n) is 7.59. The maximum atomic E-state index is 12.1. The summed E-state index contributed by atoms with van der Waals surface area (Å²) in [6.07, 6.45) is 3.05. The normalized spacial score (nSPS) is 10.7. The number of nitrogens with one attached hydrogen (secondary N) is 2. The molecule has 4 nitrogen and oxygen atoms in total. The molecule has 23 heavy (non-hydrogen) atoms. The van der Waals surface area contributed by atoms with Crippen LogP contribution in [0.15, 0.2) is 54.7 Å². The molecular formula is C19H18N2O2. The number of para-hydroxylation sites is 1. The van der Waals surface area contributed by atoms with Gasteiger partial charge in [0.1, 0.15) is 0 Å². The first kappa shape index (κ1) is 15.0. The summed E-state index contributed by atoms with van der Waals surface area (Å²) in [7, 11) is 0. The maximum absolute atomic E-state index is 12.1. The number of fused-ring (bicyclic) bond motifs is 1. The fraction of sp³-hybridized carbons (Fsp3) is 0.158. The van der Waals surface area contributed by atoms with Gasteiger partial charge in [-0.05, 0) is 49.2 Å². The molecule has 0 unspecified atom stereocenters. The molecule has 0 aliphatic rings. The zero-order valence-corrected chi connectivity index (χ0v) is 12.9. The van der Waals surface area contributed by atoms with E-state index in [9.17, 15) is 9.59 Å². The number of anilines is 1. The Hall–Kier alpha value is -2.88. The van der Waals surface area contributed by atoms with Gasteiger partial charge in [-0.3, -0.25) is 9.59 Å². The van der Waals surface area contributed by atoms with Gasteiger partial charge >= 0.3 is 0 Å². The van der Waals surface area contributed by atoms with Crippen LogP contribution in [-0.4, -0.2) is 16.7 Å². The number of hydrogen-bond acceptors (Lipinski definition) is 2. The molecule has 0 aliphatic heterocycles. The first-order chi connectivity index (χ1) is 11.1. The molecule has 0 aliphatic carbocycles. The van der Waals surface area contributed by atoms with E-state index in [0.717, 1.165) is 16.5 Å². The molecular weight excluding hydrogens is 288 g/mol. The van der Waals surface area contributed by atoms with Gasteiger partial charge in [0.05, 0.1) is 0 Å². The van der Waals surface area contributed by atoms with E-state index in [1.807, 2.05) is 24.4 Å². The molecule has 0 bridgehead atoms. The van der Waals surface area contributed by atoms with Crippen molar-refractivity contribution >= 4 is 28.3 Å². The molecule has 2 aromatic carbocycles. The molecule has 1 amide bonds. The lowest BCUT2D eigenvalue weighted by atomic mass is 10.1. The number of H-pyrrole nitrogens is 1. The van der Waals surface area contributed by atoms with Crippen molar-refractivity contribution in [2.24, 2.45) is 0 Å². The van der Waals surface area contributed by atoms with Gasteiger partial charge in [0.15, 0.2) is 5.78 Å². The number of aromatic nitrogens is 1. The predicted molar refractivity (Wildman–Crippen MR) is 91.7 cm³/mol. The van der Waals surface area contributed by atoms with Crippen molar-refractivity contribution in [1.82, 2.24) is 4.98 Å². The molecule has 0 atom stereocenters. The number of aromatic amines is 1. The van der Waals surface area contributed by atoms with Crippen molar-refractivity contribution < 1.29 is 9.59 Å². The molecule has 1 aromatic heterocycles. The molecule has 0 spiro atoms. The number of benzene rings is 2. The maximum Gasteiger partial charge on any atom is 0.224 e. The highest BCUT2D eigenvalue weighted by Crippen LogP contribution is 2.19. The highest BCUT2D eigenvalue weighted by Gasteiger charge is 2.07. The fourth-order valence-corrected chi connectivity index (χ4v) is 2.60. The minimum Gasteiger partial charge on any atom is -0.361 e. The summed E-state index contributed by atoms with van der Waals surface area (Å²) < 4.78 is 0. The summed E-state index contributed by atoms with van der Waals surface area (Å²) >= 11 is 0. The number of carbonyl (C=O) groups is 2. The number of aryl methyl sites for hydroxylation is 1. The Labute approximate surface area is 134 Å². The van der Waals surface area contributed by atoms with Crippen LogP contribution < -0.4 is 5.32 Å². The summed E-state index contributed by atoms with van der Waals surface area (Å²) in [4.78, 5) is 26.5. The number of Topliss-reactive ketones (excluding diaryl/α,β-unsaturated/α-hetero) is 1. The Morgan fingerprint density at radius 2 is 1.78 bits per heavy atom. The van der Waals surface area contributed by atoms with Crippen LogP contribution in [0.4, 0.5) is 5.69 Å². The Balaban J connectivity index is 1.60. The van der Waals surface area contributed by atoms with Crippen molar-refractivity contribution in [1.29, 1.82) is 0 Å². The van der Waals surface area contributed by atoms with Crippen LogP contribution in [0.25, 0.3) is 10.9 Å². The van der Waals surface area contributed by atoms with Gasteiger partial charge in [-0.15, -0.1) is 0 Å². The van der Waals surface area contributed by atoms with Crippen LogP contribution in [0.5, 0.6) is 0 Å². The largest absolute Gasteiger partial charge is 0.361 e. The molecule has 0 radical (unpaired) electrons. The van der Waals surface area contributed by atoms with Gasteiger partial charge in [-0.25, -0.2) is 0 Å². The van der Waals surface area contributed by atoms with E-state index < -0.39 is 0 Å². The van der Waals surface area contributed by atoms with Crippen molar-refractivity contribution in [2.45, 2.75) is 19.8 Å². The van der Waals surface area contributed by atoms with E-state index in [1.54, 1.807) is 24.3 Å². The van der Waals surface area contributed by atoms with Gasteiger partial charge in [0, 0.05) is 34.8 Å². The van der Waals surface area contributed by atoms with Gasteiger partial charge < -0.3 is 10.3 Å². The average molecular weight is 306 g/mol. The zero-order chi connectivity index (χ0) is 16.2. The third kappa shape index (κ3) is 3.48. The summed E-state index contributed by atoms with van der Waals surface area (Å²) in [5, 5.41) is 4.02. The second-order valence-corrected chi connectivity index (χ2v) is 5.54. The van der Waals surface area contributed by atoms with Gasteiger partial charge in [-0.1, -0.05) is 18.2 Å². The molecule has 4 heteroatoms. The number of carbonyl (C=O) groups excluding carboxylic acids is 2. The molecule has 1 heterocycles. The number of hydrogen-bond donors (Lipinski definition) is 2. The molecule has 0 saturated carbocycles. The number of amides is 1. The van der Waals surface area contributed by atoms with Gasteiger partial charge in [0.25, 0.3) is 0 Å². The minimum atomic E-state index is -0.0362. The standard InChI is InChI=1S/C19H18N2O2/c1-13(22)14-6-9-16(10-7-14)21-19(23)11-8-15-12-20-18-5-3-2-4-17(15)18/h2-7,9-10,12,20H,8,11H2,1H3,(H,21,23). The lowest BCUT2D eigenvalue weighted by molar-refractivity contribution is -0.116. The summed E-state index contributed by atoms with van der Waals surface area (Å²) in [6, 6.07) is 15.0. The van der Waals surface area contributed by atoms with Gasteiger partial charge in [0.2, 0.25) is 5.91 Å². The highest BCUT2D eigenvalue weighted by atomic mass is 16.1. The van der Waals surface area contributed by atoms with Crippen LogP contribution in [0.2, 0.25) is 0 Å². The van der Waals surface area contributed by atoms with Crippen LogP contribution in [0.3, 0.4) is 0 Å². The van der Waals surface area contributed by atoms with E-state index >= 15 is 0 Å². The van der Waals surface area contributed by atoms with Crippen molar-refractivity contribution in [3.63, 3.8) is 0 Å². The molecule has 116 valence electrons. The Kier molecular flexibility index (Phi) is 4.24. The summed E-state index contributed by atoms with van der Waals surface area (Å²) in [5.41, 5.74) is 3.58. The Morgan fingerprint density at radius 1 is 1.04 bits per heavy atom. The minimum absolute atomic E-state index is 0.0159. The summed E-state index contributed by atoms with van der Waals surface area (Å²) in [5.74, 6) is -0.0203. The smallest absolute Gasteiger partial charge is 0.224 e. The third-order valence-electron chi connectivity index (χ3n) is 3.87. The zero-order valence-electron chi connectivity index (χ0n) is 12.9. The average Bonchev–Trinajstić information content (AvgIpc) is 2.97. The molecule has 0 saturated heterocycles. The van der Waals surface area contributed by atoms with Crippen LogP contribution >= 0.6 is 0 Å². The monoisotopic (exact) mass is 306 g/mol. The quantitative estimate of drug-likeness (QED) is 0.701. The second kappa shape index (κ2) is 6.48. The fourth-order valence-electron chi connectivity index (χ4n) is 2.60. The topological polar surface area (TPSA) is 62.0 Å². The van der Waals surface area contributed by atoms with Crippen molar-refractivity contribution in [3.05, 3.63) is 65.9 Å². The predicted octanol–water partition coefficient (Wildman–Crippen LogP) is 3.94. The SMILES string of the molecule is CC(=O)c1ccc(NC(=O)CCc2c[nH]c3ccccc23)cc1. The molecule has 3 aromatic rings. The molecule has 0 fully saturated rings. The number of ketones is 1. The van der Waals surface area contributed by atoms with Crippen molar-refractivity contribution in [2.75, 3.05) is 5.32 Å². The van der Waals surface area contributed by atoms with E-state index in [4.69, 9.17) is 0 Å². The van der Waals surface area contributed by atoms with E-state index in [2.05, 4.69) is 16.4 Å². The van der Waals surface area contributed by atoms with Gasteiger partial charge in [-0.2, -0.15) is 0 Å². The van der Waals surface area contributed by atoms with Crippen LogP contribution in [0.1, 0.15) is 29.3 Å². The van der Waals surface area contributed by atoms with E-state index in [1.165, 1.54) is 6.92 Å². The van der Waals surface area contributed by atoms with Crippen LogP contribution in [0, 0.1) is 0 Å².